The second kappa shape index (κ2) is 2.30. The van der Waals surface area contributed by atoms with Crippen LogP contribution in [-0.4, -0.2) is 21.3 Å². The number of rotatable bonds is 2. The number of nitrogens with one attached hydrogen (secondary N) is 2. The van der Waals surface area contributed by atoms with E-state index in [4.69, 9.17) is 0 Å². The predicted octanol–water partition coefficient (Wildman–Crippen LogP) is 0.543. The quantitative estimate of drug-likeness (QED) is 0.673. The molecule has 1 heterocycles. The second-order valence-corrected chi connectivity index (χ2v) is 3.37. The fraction of sp³-hybridized carbons (Fsp3) is 0.571. The van der Waals surface area contributed by atoms with Gasteiger partial charge in [0, 0.05) is 5.41 Å². The van der Waals surface area contributed by atoms with Crippen LogP contribution < -0.4 is 5.32 Å². The zero-order valence-electron chi connectivity index (χ0n) is 6.79. The molecule has 5 heteroatoms. The average Bonchev–Trinajstić information content (AvgIpc) is 2.63. The zero-order valence-corrected chi connectivity index (χ0v) is 6.79. The van der Waals surface area contributed by atoms with Crippen molar-refractivity contribution in [1.82, 2.24) is 15.4 Å². The molecule has 1 amide bonds. The Labute approximate surface area is 69.5 Å². The highest BCUT2D eigenvalue weighted by atomic mass is 16.2. The molecule has 5 nitrogen and oxygen atoms in total. The Morgan fingerprint density at radius 1 is 1.75 bits per heavy atom. The summed E-state index contributed by atoms with van der Waals surface area (Å²) < 4.78 is 0. The number of carbonyl (C=O) groups is 1. The first-order chi connectivity index (χ1) is 5.71. The molecule has 0 unspecified atom stereocenters. The van der Waals surface area contributed by atoms with Gasteiger partial charge in [-0.05, 0) is 12.8 Å². The molecule has 2 N–H and O–H groups in total. The first kappa shape index (κ1) is 7.27. The molecule has 64 valence electrons. The lowest BCUT2D eigenvalue weighted by molar-refractivity contribution is -0.120. The van der Waals surface area contributed by atoms with Crippen LogP contribution in [0.2, 0.25) is 0 Å². The van der Waals surface area contributed by atoms with Gasteiger partial charge in [0.25, 0.3) is 0 Å². The van der Waals surface area contributed by atoms with Gasteiger partial charge in [0.15, 0.2) is 5.82 Å². The van der Waals surface area contributed by atoms with Crippen LogP contribution in [0.25, 0.3) is 0 Å². The molecule has 1 fully saturated rings. The Kier molecular flexibility index (Phi) is 1.39. The van der Waals surface area contributed by atoms with Crippen molar-refractivity contribution in [3.8, 4) is 0 Å². The van der Waals surface area contributed by atoms with E-state index in [0.717, 1.165) is 12.8 Å². The molecule has 0 aliphatic heterocycles. The van der Waals surface area contributed by atoms with Gasteiger partial charge in [-0.15, -0.1) is 5.10 Å². The molecule has 1 aliphatic carbocycles. The van der Waals surface area contributed by atoms with Gasteiger partial charge in [0.2, 0.25) is 5.91 Å². The monoisotopic (exact) mass is 166 g/mol. The van der Waals surface area contributed by atoms with Crippen LogP contribution in [0.5, 0.6) is 0 Å². The van der Waals surface area contributed by atoms with Gasteiger partial charge >= 0.3 is 0 Å². The van der Waals surface area contributed by atoms with E-state index in [-0.39, 0.29) is 11.3 Å². The normalized spacial score (nSPS) is 18.8. The Morgan fingerprint density at radius 3 is 3.00 bits per heavy atom. The van der Waals surface area contributed by atoms with Crippen LogP contribution >= 0.6 is 0 Å². The van der Waals surface area contributed by atoms with Crippen LogP contribution in [0.4, 0.5) is 5.82 Å². The van der Waals surface area contributed by atoms with Crippen molar-refractivity contribution in [1.29, 1.82) is 0 Å². The van der Waals surface area contributed by atoms with E-state index in [1.165, 1.54) is 6.20 Å². The third kappa shape index (κ3) is 1.17. The largest absolute Gasteiger partial charge is 0.307 e. The van der Waals surface area contributed by atoms with E-state index in [1.807, 2.05) is 6.92 Å². The minimum atomic E-state index is -0.154. The summed E-state index contributed by atoms with van der Waals surface area (Å²) >= 11 is 0. The number of aromatic amines is 1. The first-order valence-corrected chi connectivity index (χ1v) is 3.88. The topological polar surface area (TPSA) is 70.7 Å². The number of hydrogen-bond donors (Lipinski definition) is 2. The Bertz CT molecular complexity index is 288. The average molecular weight is 166 g/mol. The van der Waals surface area contributed by atoms with Crippen LogP contribution in [-0.2, 0) is 4.79 Å². The molecule has 0 atom stereocenters. The van der Waals surface area contributed by atoms with Crippen LogP contribution in [0.1, 0.15) is 19.8 Å². The van der Waals surface area contributed by atoms with E-state index < -0.39 is 0 Å². The van der Waals surface area contributed by atoms with E-state index in [2.05, 4.69) is 20.7 Å². The minimum Gasteiger partial charge on any atom is -0.307 e. The third-order valence-corrected chi connectivity index (χ3v) is 2.20. The number of amides is 1. The van der Waals surface area contributed by atoms with Crippen molar-refractivity contribution in [2.45, 2.75) is 19.8 Å². The summed E-state index contributed by atoms with van der Waals surface area (Å²) in [6, 6.07) is 0. The van der Waals surface area contributed by atoms with Crippen molar-refractivity contribution in [3.05, 3.63) is 6.20 Å². The lowest BCUT2D eigenvalue weighted by Crippen LogP contribution is -2.21. The van der Waals surface area contributed by atoms with Crippen molar-refractivity contribution in [3.63, 3.8) is 0 Å². The molecule has 0 saturated heterocycles. The molecule has 0 bridgehead atoms. The summed E-state index contributed by atoms with van der Waals surface area (Å²) in [6.45, 7) is 1.95. The van der Waals surface area contributed by atoms with E-state index in [0.29, 0.717) is 5.82 Å². The number of nitrogens with zero attached hydrogens (tertiary/aromatic N) is 2. The second-order valence-electron chi connectivity index (χ2n) is 3.37. The van der Waals surface area contributed by atoms with Crippen LogP contribution in [0.3, 0.4) is 0 Å². The summed E-state index contributed by atoms with van der Waals surface area (Å²) in [5, 5.41) is 12.4. The summed E-state index contributed by atoms with van der Waals surface area (Å²) in [5.41, 5.74) is -0.154. The third-order valence-electron chi connectivity index (χ3n) is 2.20. The molecular weight excluding hydrogens is 156 g/mol. The maximum atomic E-state index is 11.4. The van der Waals surface area contributed by atoms with Gasteiger partial charge in [-0.1, -0.05) is 6.92 Å². The van der Waals surface area contributed by atoms with Crippen molar-refractivity contribution < 1.29 is 4.79 Å². The molecule has 0 spiro atoms. The van der Waals surface area contributed by atoms with Crippen molar-refractivity contribution in [2.24, 2.45) is 5.41 Å². The number of aromatic nitrogens is 3. The lowest BCUT2D eigenvalue weighted by atomic mass is 10.1. The fourth-order valence-corrected chi connectivity index (χ4v) is 0.944. The zero-order chi connectivity index (χ0) is 8.60. The molecule has 1 saturated carbocycles. The highest BCUT2D eigenvalue weighted by molar-refractivity contribution is 5.95. The van der Waals surface area contributed by atoms with E-state index in [9.17, 15) is 4.79 Å². The molecule has 1 aromatic heterocycles. The highest BCUT2D eigenvalue weighted by Gasteiger charge is 2.45. The molecule has 12 heavy (non-hydrogen) atoms. The van der Waals surface area contributed by atoms with Crippen LogP contribution in [0, 0.1) is 5.41 Å². The number of hydrogen-bond acceptors (Lipinski definition) is 3. The van der Waals surface area contributed by atoms with Crippen molar-refractivity contribution in [2.75, 3.05) is 5.32 Å². The Morgan fingerprint density at radius 2 is 2.50 bits per heavy atom. The molecule has 0 aromatic carbocycles. The van der Waals surface area contributed by atoms with Gasteiger partial charge in [-0.3, -0.25) is 4.79 Å². The summed E-state index contributed by atoms with van der Waals surface area (Å²) in [4.78, 5) is 11.4. The Hall–Kier alpha value is -1.39. The van der Waals surface area contributed by atoms with Crippen LogP contribution in [0.15, 0.2) is 6.20 Å². The number of carbonyl (C=O) groups excluding carboxylic acids is 1. The van der Waals surface area contributed by atoms with E-state index in [1.54, 1.807) is 0 Å². The molecule has 1 aliphatic rings. The molecular formula is C7H10N4O. The standard InChI is InChI=1S/C7H10N4O/c1-7(2-3-7)6(12)9-5-4-8-11-10-5/h4H,2-3H2,1H3,(H2,8,9,10,11,12). The van der Waals surface area contributed by atoms with E-state index >= 15 is 0 Å². The predicted molar refractivity (Wildman–Crippen MR) is 42.4 cm³/mol. The fourth-order valence-electron chi connectivity index (χ4n) is 0.944. The van der Waals surface area contributed by atoms with Gasteiger partial charge in [-0.2, -0.15) is 10.3 Å². The maximum Gasteiger partial charge on any atom is 0.231 e. The lowest BCUT2D eigenvalue weighted by Gasteiger charge is -2.05. The highest BCUT2D eigenvalue weighted by Crippen LogP contribution is 2.45. The van der Waals surface area contributed by atoms with Crippen molar-refractivity contribution >= 4 is 11.7 Å². The first-order valence-electron chi connectivity index (χ1n) is 3.88. The van der Waals surface area contributed by atoms with Gasteiger partial charge in [0.1, 0.15) is 0 Å². The minimum absolute atomic E-state index is 0.0383. The number of anilines is 1. The molecule has 1 aromatic rings. The van der Waals surface area contributed by atoms with Gasteiger partial charge in [0.05, 0.1) is 6.20 Å². The molecule has 0 radical (unpaired) electrons. The Balaban J connectivity index is 2.00. The SMILES string of the molecule is CC1(C(=O)Nc2cn[nH]n2)CC1. The van der Waals surface area contributed by atoms with Gasteiger partial charge < -0.3 is 5.32 Å². The van der Waals surface area contributed by atoms with Gasteiger partial charge in [-0.25, -0.2) is 0 Å². The number of H-pyrrole nitrogens is 1. The summed E-state index contributed by atoms with van der Waals surface area (Å²) in [5.74, 6) is 0.532. The summed E-state index contributed by atoms with van der Waals surface area (Å²) in [7, 11) is 0. The maximum absolute atomic E-state index is 11.4. The molecule has 2 rings (SSSR count). The summed E-state index contributed by atoms with van der Waals surface area (Å²) in [6.07, 6.45) is 3.43. The smallest absolute Gasteiger partial charge is 0.231 e.